The minimum absolute atomic E-state index is 0.219. The zero-order chi connectivity index (χ0) is 18.0. The first-order valence-electron chi connectivity index (χ1n) is 9.18. The summed E-state index contributed by atoms with van der Waals surface area (Å²) in [5, 5.41) is 0. The van der Waals surface area contributed by atoms with Gasteiger partial charge in [0.2, 0.25) is 0 Å². The minimum atomic E-state index is -0.688. The number of carbonyl (C=O) groups excluding carboxylic acids is 1. The molecule has 138 valence electrons. The number of nitrogens with zero attached hydrogens (tertiary/aromatic N) is 2. The van der Waals surface area contributed by atoms with Crippen LogP contribution in [0.2, 0.25) is 0 Å². The van der Waals surface area contributed by atoms with Crippen molar-refractivity contribution in [3.05, 3.63) is 33.7 Å². The number of fused-ring (bicyclic) bond motifs is 1. The van der Waals surface area contributed by atoms with Gasteiger partial charge in [-0.25, -0.2) is 4.79 Å². The van der Waals surface area contributed by atoms with Gasteiger partial charge in [0.25, 0.3) is 5.56 Å². The first kappa shape index (κ1) is 18.1. The molecule has 6 nitrogen and oxygen atoms in total. The Labute approximate surface area is 148 Å². The van der Waals surface area contributed by atoms with Gasteiger partial charge in [-0.1, -0.05) is 13.8 Å². The van der Waals surface area contributed by atoms with Gasteiger partial charge in [-0.3, -0.25) is 9.69 Å². The molecule has 0 bridgehead atoms. The van der Waals surface area contributed by atoms with Crippen molar-refractivity contribution in [1.82, 2.24) is 9.47 Å². The molecule has 1 aromatic heterocycles. The third-order valence-electron chi connectivity index (χ3n) is 5.03. The Bertz CT molecular complexity index is 691. The van der Waals surface area contributed by atoms with Gasteiger partial charge < -0.3 is 14.0 Å². The van der Waals surface area contributed by atoms with Crippen molar-refractivity contribution in [3.63, 3.8) is 0 Å². The molecule has 1 atom stereocenters. The summed E-state index contributed by atoms with van der Waals surface area (Å²) >= 11 is 0. The number of aromatic nitrogens is 1. The molecule has 6 heteroatoms. The van der Waals surface area contributed by atoms with E-state index >= 15 is 0 Å². The van der Waals surface area contributed by atoms with Crippen LogP contribution in [0.5, 0.6) is 0 Å². The molecule has 0 radical (unpaired) electrons. The van der Waals surface area contributed by atoms with Gasteiger partial charge in [0.05, 0.1) is 13.2 Å². The number of ether oxygens (including phenoxy) is 2. The maximum Gasteiger partial charge on any atom is 0.345 e. The van der Waals surface area contributed by atoms with Crippen LogP contribution >= 0.6 is 0 Å². The van der Waals surface area contributed by atoms with Crippen LogP contribution < -0.4 is 5.56 Å². The Kier molecular flexibility index (Phi) is 5.29. The molecule has 2 aliphatic heterocycles. The Morgan fingerprint density at radius 1 is 1.20 bits per heavy atom. The molecular formula is C19H28N2O4. The van der Waals surface area contributed by atoms with Crippen molar-refractivity contribution in [2.75, 3.05) is 32.8 Å². The van der Waals surface area contributed by atoms with Crippen molar-refractivity contribution in [2.24, 2.45) is 5.92 Å². The van der Waals surface area contributed by atoms with E-state index in [1.54, 1.807) is 10.8 Å². The SMILES string of the molecule is CC(C)CC1(C)OC(=O)c2c1ccn(CCCN1CCOCC1)c2=O. The van der Waals surface area contributed by atoms with E-state index in [-0.39, 0.29) is 11.1 Å². The van der Waals surface area contributed by atoms with Crippen LogP contribution in [0.15, 0.2) is 17.1 Å². The van der Waals surface area contributed by atoms with E-state index in [4.69, 9.17) is 9.47 Å². The number of aryl methyl sites for hydroxylation is 1. The fourth-order valence-corrected chi connectivity index (χ4v) is 3.92. The van der Waals surface area contributed by atoms with E-state index in [2.05, 4.69) is 18.7 Å². The van der Waals surface area contributed by atoms with Crippen LogP contribution in [-0.2, 0) is 21.6 Å². The van der Waals surface area contributed by atoms with Gasteiger partial charge in [-0.2, -0.15) is 0 Å². The molecule has 0 amide bonds. The lowest BCUT2D eigenvalue weighted by atomic mass is 9.87. The Hall–Kier alpha value is -1.66. The van der Waals surface area contributed by atoms with Crippen LogP contribution in [0.3, 0.4) is 0 Å². The molecule has 0 N–H and O–H groups in total. The second kappa shape index (κ2) is 7.30. The molecule has 0 saturated carbocycles. The molecular weight excluding hydrogens is 320 g/mol. The van der Waals surface area contributed by atoms with Crippen LogP contribution in [-0.4, -0.2) is 48.3 Å². The highest BCUT2D eigenvalue weighted by Gasteiger charge is 2.44. The first-order chi connectivity index (χ1) is 11.9. The lowest BCUT2D eigenvalue weighted by molar-refractivity contribution is -0.00862. The van der Waals surface area contributed by atoms with Gasteiger partial charge in [-0.05, 0) is 31.7 Å². The van der Waals surface area contributed by atoms with E-state index in [0.29, 0.717) is 18.9 Å². The summed E-state index contributed by atoms with van der Waals surface area (Å²) in [5.74, 6) is -0.106. The highest BCUT2D eigenvalue weighted by atomic mass is 16.6. The zero-order valence-electron chi connectivity index (χ0n) is 15.4. The summed E-state index contributed by atoms with van der Waals surface area (Å²) < 4.78 is 12.6. The average molecular weight is 348 g/mol. The van der Waals surface area contributed by atoms with Crippen LogP contribution in [0.25, 0.3) is 0 Å². The molecule has 1 aromatic rings. The minimum Gasteiger partial charge on any atom is -0.451 e. The van der Waals surface area contributed by atoms with Crippen molar-refractivity contribution in [1.29, 1.82) is 0 Å². The highest BCUT2D eigenvalue weighted by Crippen LogP contribution is 2.39. The maximum atomic E-state index is 12.8. The van der Waals surface area contributed by atoms with E-state index in [1.165, 1.54) is 0 Å². The summed E-state index contributed by atoms with van der Waals surface area (Å²) in [6.45, 7) is 11.1. The molecule has 1 unspecified atom stereocenters. The number of pyridine rings is 1. The first-order valence-corrected chi connectivity index (χ1v) is 9.18. The lowest BCUT2D eigenvalue weighted by Crippen LogP contribution is -2.37. The van der Waals surface area contributed by atoms with Crippen LogP contribution in [0, 0.1) is 5.92 Å². The van der Waals surface area contributed by atoms with Crippen molar-refractivity contribution >= 4 is 5.97 Å². The second-order valence-corrected chi connectivity index (χ2v) is 7.63. The van der Waals surface area contributed by atoms with Gasteiger partial charge in [0.1, 0.15) is 11.2 Å². The van der Waals surface area contributed by atoms with Gasteiger partial charge in [0.15, 0.2) is 0 Å². The van der Waals surface area contributed by atoms with Crippen LogP contribution in [0.4, 0.5) is 0 Å². The fourth-order valence-electron chi connectivity index (χ4n) is 3.92. The predicted octanol–water partition coefficient (Wildman–Crippen LogP) is 2.00. The number of esters is 1. The quantitative estimate of drug-likeness (QED) is 0.736. The third kappa shape index (κ3) is 3.80. The number of morpholine rings is 1. The number of carbonyl (C=O) groups is 1. The molecule has 1 fully saturated rings. The standard InChI is InChI=1S/C19H28N2O4/c1-14(2)13-19(3)15-5-8-21(17(22)16(15)18(23)25-19)7-4-6-20-9-11-24-12-10-20/h5,8,14H,4,6-7,9-13H2,1-3H3. The topological polar surface area (TPSA) is 60.8 Å². The summed E-state index contributed by atoms with van der Waals surface area (Å²) in [4.78, 5) is 27.4. The fraction of sp³-hybridized carbons (Fsp3) is 0.684. The van der Waals surface area contributed by atoms with Gasteiger partial charge in [0, 0.05) is 37.9 Å². The number of cyclic esters (lactones) is 1. The summed E-state index contributed by atoms with van der Waals surface area (Å²) in [5.41, 5.74) is 0.0433. The maximum absolute atomic E-state index is 12.8. The Morgan fingerprint density at radius 3 is 2.60 bits per heavy atom. The van der Waals surface area contributed by atoms with E-state index in [1.807, 2.05) is 13.0 Å². The second-order valence-electron chi connectivity index (χ2n) is 7.63. The Morgan fingerprint density at radius 2 is 1.92 bits per heavy atom. The summed E-state index contributed by atoms with van der Waals surface area (Å²) in [6.07, 6.45) is 3.39. The molecule has 2 aliphatic rings. The van der Waals surface area contributed by atoms with Gasteiger partial charge in [-0.15, -0.1) is 0 Å². The van der Waals surface area contributed by atoms with E-state index < -0.39 is 11.6 Å². The smallest absolute Gasteiger partial charge is 0.345 e. The average Bonchev–Trinajstić information content (AvgIpc) is 2.80. The molecule has 0 aromatic carbocycles. The lowest BCUT2D eigenvalue weighted by Gasteiger charge is -2.26. The highest BCUT2D eigenvalue weighted by molar-refractivity contribution is 5.94. The summed E-state index contributed by atoms with van der Waals surface area (Å²) in [7, 11) is 0. The monoisotopic (exact) mass is 348 g/mol. The van der Waals surface area contributed by atoms with Gasteiger partial charge >= 0.3 is 5.97 Å². The molecule has 0 aliphatic carbocycles. The van der Waals surface area contributed by atoms with E-state index in [0.717, 1.165) is 44.8 Å². The molecule has 0 spiro atoms. The van der Waals surface area contributed by atoms with Crippen molar-refractivity contribution in [2.45, 2.75) is 45.8 Å². The largest absolute Gasteiger partial charge is 0.451 e. The molecule has 3 rings (SSSR count). The predicted molar refractivity (Wildman–Crippen MR) is 94.8 cm³/mol. The molecule has 1 saturated heterocycles. The summed E-state index contributed by atoms with van der Waals surface area (Å²) in [6, 6.07) is 1.89. The number of hydrogen-bond acceptors (Lipinski definition) is 5. The normalized spacial score (nSPS) is 23.8. The van der Waals surface area contributed by atoms with E-state index in [9.17, 15) is 9.59 Å². The third-order valence-corrected chi connectivity index (χ3v) is 5.03. The molecule has 25 heavy (non-hydrogen) atoms. The Balaban J connectivity index is 1.72. The molecule has 3 heterocycles. The number of hydrogen-bond donors (Lipinski definition) is 0. The van der Waals surface area contributed by atoms with Crippen molar-refractivity contribution in [3.8, 4) is 0 Å². The van der Waals surface area contributed by atoms with Crippen LogP contribution in [0.1, 0.15) is 49.5 Å². The van der Waals surface area contributed by atoms with Crippen molar-refractivity contribution < 1.29 is 14.3 Å². The zero-order valence-corrected chi connectivity index (χ0v) is 15.4. The number of rotatable bonds is 6.